The van der Waals surface area contributed by atoms with Crippen molar-refractivity contribution in [3.8, 4) is 0 Å². The number of nitrogens with zero attached hydrogens (tertiary/aromatic N) is 2. The largest absolute Gasteiger partial charge is 0.289 e. The van der Waals surface area contributed by atoms with Gasteiger partial charge in [0.2, 0.25) is 0 Å². The van der Waals surface area contributed by atoms with E-state index in [4.69, 9.17) is 0 Å². The van der Waals surface area contributed by atoms with E-state index in [1.807, 2.05) is 92.7 Å². The van der Waals surface area contributed by atoms with Gasteiger partial charge in [-0.3, -0.25) is 9.59 Å². The Balaban J connectivity index is 1.74. The van der Waals surface area contributed by atoms with Gasteiger partial charge in [0.25, 0.3) is 5.91 Å². The summed E-state index contributed by atoms with van der Waals surface area (Å²) in [4.78, 5) is 26.6. The van der Waals surface area contributed by atoms with E-state index in [-0.39, 0.29) is 11.7 Å². The Labute approximate surface area is 182 Å². The number of aryl methyl sites for hydroxylation is 1. The van der Waals surface area contributed by atoms with E-state index < -0.39 is 5.41 Å². The highest BCUT2D eigenvalue weighted by Crippen LogP contribution is 2.37. The highest BCUT2D eigenvalue weighted by Gasteiger charge is 2.47. The fourth-order valence-electron chi connectivity index (χ4n) is 3.90. The van der Waals surface area contributed by atoms with Gasteiger partial charge >= 0.3 is 0 Å². The van der Waals surface area contributed by atoms with Crippen LogP contribution in [0.25, 0.3) is 0 Å². The summed E-state index contributed by atoms with van der Waals surface area (Å²) in [5, 5.41) is 6.04. The van der Waals surface area contributed by atoms with Crippen molar-refractivity contribution in [3.63, 3.8) is 0 Å². The zero-order valence-electron chi connectivity index (χ0n) is 17.7. The second-order valence-electron chi connectivity index (χ2n) is 7.78. The lowest BCUT2D eigenvalue weighted by atomic mass is 9.76. The highest BCUT2D eigenvalue weighted by molar-refractivity contribution is 6.21. The van der Waals surface area contributed by atoms with Crippen LogP contribution < -0.4 is 5.01 Å². The molecule has 0 unspecified atom stereocenters. The second kappa shape index (κ2) is 8.52. The number of para-hydroxylation sites is 1. The second-order valence-corrected chi connectivity index (χ2v) is 7.78. The van der Waals surface area contributed by atoms with Crippen LogP contribution >= 0.6 is 0 Å². The summed E-state index contributed by atoms with van der Waals surface area (Å²) in [7, 11) is 0. The number of hydrogen-bond acceptors (Lipinski definition) is 3. The Bertz CT molecular complexity index is 1170. The molecule has 0 spiro atoms. The third-order valence-electron chi connectivity index (χ3n) is 5.73. The molecule has 154 valence electrons. The minimum absolute atomic E-state index is 0.121. The fraction of sp³-hybridized carbons (Fsp3) is 0.148. The van der Waals surface area contributed by atoms with Crippen molar-refractivity contribution in [2.24, 2.45) is 10.5 Å². The number of benzene rings is 3. The van der Waals surface area contributed by atoms with E-state index in [0.29, 0.717) is 23.4 Å². The summed E-state index contributed by atoms with van der Waals surface area (Å²) < 4.78 is 0. The summed E-state index contributed by atoms with van der Waals surface area (Å²) in [6.45, 7) is 3.76. The zero-order chi connectivity index (χ0) is 21.8. The molecule has 3 aromatic carbocycles. The first kappa shape index (κ1) is 20.5. The van der Waals surface area contributed by atoms with Crippen LogP contribution in [0.1, 0.15) is 28.4 Å². The number of amides is 1. The average molecular weight is 409 g/mol. The Kier molecular flexibility index (Phi) is 5.63. The van der Waals surface area contributed by atoms with Crippen LogP contribution in [-0.2, 0) is 11.2 Å². The SMILES string of the molecule is CC1=NN(c2ccccc2)C(=O)[C@@]1(/C=C\C(=O)c1ccccc1C)Cc1ccccc1. The molecule has 4 rings (SSSR count). The van der Waals surface area contributed by atoms with E-state index in [2.05, 4.69) is 5.10 Å². The number of carbonyl (C=O) groups is 2. The number of ketones is 1. The average Bonchev–Trinajstić information content (AvgIpc) is 3.04. The molecule has 1 atom stereocenters. The van der Waals surface area contributed by atoms with Crippen LogP contribution in [0.15, 0.2) is 102 Å². The zero-order valence-corrected chi connectivity index (χ0v) is 17.7. The molecule has 1 aliphatic rings. The van der Waals surface area contributed by atoms with Gasteiger partial charge in [-0.1, -0.05) is 78.9 Å². The van der Waals surface area contributed by atoms with E-state index >= 15 is 0 Å². The van der Waals surface area contributed by atoms with Crippen LogP contribution in [0.2, 0.25) is 0 Å². The molecule has 0 bridgehead atoms. The molecule has 1 amide bonds. The number of carbonyl (C=O) groups excluding carboxylic acids is 2. The van der Waals surface area contributed by atoms with Crippen molar-refractivity contribution in [2.75, 3.05) is 5.01 Å². The van der Waals surface area contributed by atoms with E-state index in [0.717, 1.165) is 11.1 Å². The summed E-state index contributed by atoms with van der Waals surface area (Å²) in [5.74, 6) is -0.279. The van der Waals surface area contributed by atoms with E-state index in [1.165, 1.54) is 11.1 Å². The molecule has 0 fully saturated rings. The lowest BCUT2D eigenvalue weighted by Gasteiger charge is -2.25. The van der Waals surface area contributed by atoms with Gasteiger partial charge in [-0.05, 0) is 49.6 Å². The van der Waals surface area contributed by atoms with Gasteiger partial charge in [0.15, 0.2) is 5.78 Å². The summed E-state index contributed by atoms with van der Waals surface area (Å²) in [6.07, 6.45) is 3.69. The smallest absolute Gasteiger partial charge is 0.263 e. The van der Waals surface area contributed by atoms with E-state index in [1.54, 1.807) is 12.1 Å². The predicted octanol–water partition coefficient (Wildman–Crippen LogP) is 5.39. The van der Waals surface area contributed by atoms with Gasteiger partial charge in [-0.25, -0.2) is 0 Å². The quantitative estimate of drug-likeness (QED) is 0.406. The highest BCUT2D eigenvalue weighted by atomic mass is 16.2. The molecular formula is C27H24N2O2. The molecule has 0 N–H and O–H groups in total. The summed E-state index contributed by atoms with van der Waals surface area (Å²) in [5.41, 5.74) is 2.90. The van der Waals surface area contributed by atoms with Crippen LogP contribution in [0.5, 0.6) is 0 Å². The molecule has 0 aromatic heterocycles. The van der Waals surface area contributed by atoms with Crippen molar-refractivity contribution in [3.05, 3.63) is 114 Å². The third-order valence-corrected chi connectivity index (χ3v) is 5.73. The molecule has 4 nitrogen and oxygen atoms in total. The number of rotatable bonds is 6. The van der Waals surface area contributed by atoms with Crippen molar-refractivity contribution in [1.82, 2.24) is 0 Å². The molecule has 4 heteroatoms. The molecule has 0 saturated carbocycles. The molecule has 0 radical (unpaired) electrons. The number of hydrazone groups is 1. The number of anilines is 1. The minimum atomic E-state index is -1.02. The lowest BCUT2D eigenvalue weighted by Crippen LogP contribution is -2.39. The van der Waals surface area contributed by atoms with Crippen molar-refractivity contribution >= 4 is 23.1 Å². The minimum Gasteiger partial charge on any atom is -0.289 e. The topological polar surface area (TPSA) is 49.7 Å². The van der Waals surface area contributed by atoms with Gasteiger partial charge in [0.1, 0.15) is 5.41 Å². The summed E-state index contributed by atoms with van der Waals surface area (Å²) >= 11 is 0. The van der Waals surface area contributed by atoms with Crippen molar-refractivity contribution in [1.29, 1.82) is 0 Å². The number of allylic oxidation sites excluding steroid dienone is 1. The van der Waals surface area contributed by atoms with Crippen LogP contribution in [-0.4, -0.2) is 17.4 Å². The molecular weight excluding hydrogens is 384 g/mol. The van der Waals surface area contributed by atoms with Gasteiger partial charge in [0, 0.05) is 5.56 Å². The molecule has 0 saturated heterocycles. The number of hydrogen-bond donors (Lipinski definition) is 0. The maximum absolute atomic E-state index is 13.7. The first-order valence-electron chi connectivity index (χ1n) is 10.3. The first-order valence-corrected chi connectivity index (χ1v) is 10.3. The van der Waals surface area contributed by atoms with Crippen LogP contribution in [0.3, 0.4) is 0 Å². The van der Waals surface area contributed by atoms with Gasteiger partial charge < -0.3 is 0 Å². The van der Waals surface area contributed by atoms with Gasteiger partial charge in [0.05, 0.1) is 11.4 Å². The molecule has 31 heavy (non-hydrogen) atoms. The maximum Gasteiger partial charge on any atom is 0.263 e. The Morgan fingerprint density at radius 1 is 0.903 bits per heavy atom. The normalized spacial score (nSPS) is 18.5. The summed E-state index contributed by atoms with van der Waals surface area (Å²) in [6, 6.07) is 26.7. The fourth-order valence-corrected chi connectivity index (χ4v) is 3.90. The van der Waals surface area contributed by atoms with Crippen molar-refractivity contribution in [2.45, 2.75) is 20.3 Å². The van der Waals surface area contributed by atoms with E-state index in [9.17, 15) is 9.59 Å². The Morgan fingerprint density at radius 2 is 1.52 bits per heavy atom. The van der Waals surface area contributed by atoms with Crippen molar-refractivity contribution < 1.29 is 9.59 Å². The van der Waals surface area contributed by atoms with Gasteiger partial charge in [-0.15, -0.1) is 0 Å². The van der Waals surface area contributed by atoms with Crippen LogP contribution in [0, 0.1) is 12.3 Å². The predicted molar refractivity (Wildman–Crippen MR) is 124 cm³/mol. The third kappa shape index (κ3) is 3.97. The van der Waals surface area contributed by atoms with Gasteiger partial charge in [-0.2, -0.15) is 10.1 Å². The Morgan fingerprint density at radius 3 is 2.19 bits per heavy atom. The first-order chi connectivity index (χ1) is 15.0. The standard InChI is InChI=1S/C27H24N2O2/c1-20-11-9-10-16-24(20)25(30)17-18-27(19-22-12-5-3-6-13-22)21(2)28-29(26(27)31)23-14-7-4-8-15-23/h3-18H,19H2,1-2H3/b18-17-/t27-/m0/s1. The lowest BCUT2D eigenvalue weighted by molar-refractivity contribution is -0.122. The molecule has 0 aliphatic carbocycles. The van der Waals surface area contributed by atoms with Crippen LogP contribution in [0.4, 0.5) is 5.69 Å². The maximum atomic E-state index is 13.7. The molecule has 1 aliphatic heterocycles. The Hall–Kier alpha value is -3.79. The molecule has 1 heterocycles. The monoisotopic (exact) mass is 408 g/mol. The molecule has 3 aromatic rings.